The second kappa shape index (κ2) is 7.96. The van der Waals surface area contributed by atoms with E-state index in [1.54, 1.807) is 0 Å². The van der Waals surface area contributed by atoms with E-state index in [4.69, 9.17) is 4.74 Å². The van der Waals surface area contributed by atoms with Crippen LogP contribution in [0.5, 0.6) is 11.5 Å². The SMILES string of the molecule is O=C(NC1CC1)[C@H](Nc1ccccc1Oc1ccccc1)c1ccccc1. The van der Waals surface area contributed by atoms with Crippen molar-refractivity contribution in [3.63, 3.8) is 0 Å². The summed E-state index contributed by atoms with van der Waals surface area (Å²) in [5.41, 5.74) is 1.70. The fraction of sp³-hybridized carbons (Fsp3) is 0.174. The molecule has 0 heterocycles. The average Bonchev–Trinajstić information content (AvgIpc) is 3.52. The third-order valence-electron chi connectivity index (χ3n) is 4.48. The van der Waals surface area contributed by atoms with E-state index in [2.05, 4.69) is 10.6 Å². The molecule has 0 saturated heterocycles. The number of rotatable bonds is 7. The van der Waals surface area contributed by atoms with Crippen molar-refractivity contribution in [2.75, 3.05) is 5.32 Å². The van der Waals surface area contributed by atoms with Gasteiger partial charge in [0, 0.05) is 6.04 Å². The molecule has 1 fully saturated rings. The van der Waals surface area contributed by atoms with Crippen LogP contribution in [0.4, 0.5) is 5.69 Å². The van der Waals surface area contributed by atoms with E-state index < -0.39 is 6.04 Å². The van der Waals surface area contributed by atoms with Gasteiger partial charge in [-0.3, -0.25) is 4.79 Å². The van der Waals surface area contributed by atoms with Crippen LogP contribution in [0.1, 0.15) is 24.4 Å². The molecule has 0 radical (unpaired) electrons. The largest absolute Gasteiger partial charge is 0.455 e. The molecule has 0 aliphatic heterocycles. The average molecular weight is 358 g/mol. The topological polar surface area (TPSA) is 50.4 Å². The van der Waals surface area contributed by atoms with Gasteiger partial charge in [-0.05, 0) is 42.7 Å². The molecule has 4 nitrogen and oxygen atoms in total. The van der Waals surface area contributed by atoms with E-state index in [9.17, 15) is 4.79 Å². The maximum Gasteiger partial charge on any atom is 0.247 e. The Hall–Kier alpha value is -3.27. The van der Waals surface area contributed by atoms with Crippen LogP contribution in [0.15, 0.2) is 84.9 Å². The summed E-state index contributed by atoms with van der Waals surface area (Å²) in [7, 11) is 0. The first-order chi connectivity index (χ1) is 13.3. The summed E-state index contributed by atoms with van der Waals surface area (Å²) in [6.45, 7) is 0. The van der Waals surface area contributed by atoms with Crippen LogP contribution < -0.4 is 15.4 Å². The standard InChI is InChI=1S/C23H22N2O2/c26-23(24-18-15-16-18)22(17-9-3-1-4-10-17)25-20-13-7-8-14-21(20)27-19-11-5-2-6-12-19/h1-14,18,22,25H,15-16H2,(H,24,26)/t22-/m1/s1. The Labute approximate surface area is 159 Å². The van der Waals surface area contributed by atoms with Gasteiger partial charge in [-0.25, -0.2) is 0 Å². The van der Waals surface area contributed by atoms with E-state index in [0.717, 1.165) is 29.8 Å². The molecular weight excluding hydrogens is 336 g/mol. The van der Waals surface area contributed by atoms with Crippen LogP contribution in [0.25, 0.3) is 0 Å². The Morgan fingerprint density at radius 2 is 1.48 bits per heavy atom. The first-order valence-corrected chi connectivity index (χ1v) is 9.23. The zero-order valence-corrected chi connectivity index (χ0v) is 15.0. The van der Waals surface area contributed by atoms with Crippen molar-refractivity contribution in [3.8, 4) is 11.5 Å². The number of nitrogens with one attached hydrogen (secondary N) is 2. The van der Waals surface area contributed by atoms with Crippen LogP contribution in [-0.2, 0) is 4.79 Å². The molecule has 2 N–H and O–H groups in total. The van der Waals surface area contributed by atoms with Gasteiger partial charge in [-0.2, -0.15) is 0 Å². The molecule has 1 amide bonds. The lowest BCUT2D eigenvalue weighted by Gasteiger charge is -2.21. The second-order valence-electron chi connectivity index (χ2n) is 6.68. The predicted molar refractivity (Wildman–Crippen MR) is 107 cm³/mol. The van der Waals surface area contributed by atoms with E-state index in [1.807, 2.05) is 84.9 Å². The molecule has 136 valence electrons. The van der Waals surface area contributed by atoms with Gasteiger partial charge in [0.25, 0.3) is 0 Å². The van der Waals surface area contributed by atoms with Crippen molar-refractivity contribution >= 4 is 11.6 Å². The van der Waals surface area contributed by atoms with Crippen LogP contribution in [0.2, 0.25) is 0 Å². The first kappa shape index (κ1) is 17.2. The molecule has 27 heavy (non-hydrogen) atoms. The number of anilines is 1. The van der Waals surface area contributed by atoms with Crippen molar-refractivity contribution in [3.05, 3.63) is 90.5 Å². The summed E-state index contributed by atoms with van der Waals surface area (Å²) in [6, 6.07) is 26.9. The van der Waals surface area contributed by atoms with Crippen molar-refractivity contribution in [1.82, 2.24) is 5.32 Å². The van der Waals surface area contributed by atoms with Crippen molar-refractivity contribution in [2.45, 2.75) is 24.9 Å². The van der Waals surface area contributed by atoms with E-state index in [-0.39, 0.29) is 5.91 Å². The summed E-state index contributed by atoms with van der Waals surface area (Å²) >= 11 is 0. The van der Waals surface area contributed by atoms with E-state index in [0.29, 0.717) is 11.8 Å². The molecule has 4 heteroatoms. The van der Waals surface area contributed by atoms with Crippen LogP contribution in [0, 0.1) is 0 Å². The number of carbonyl (C=O) groups excluding carboxylic acids is 1. The third-order valence-corrected chi connectivity index (χ3v) is 4.48. The van der Waals surface area contributed by atoms with Crippen molar-refractivity contribution < 1.29 is 9.53 Å². The highest BCUT2D eigenvalue weighted by molar-refractivity contribution is 5.87. The van der Waals surface area contributed by atoms with Gasteiger partial charge in [0.15, 0.2) is 5.75 Å². The molecule has 1 aliphatic carbocycles. The minimum absolute atomic E-state index is 0.0155. The van der Waals surface area contributed by atoms with Gasteiger partial charge >= 0.3 is 0 Å². The number of benzene rings is 3. The number of hydrogen-bond donors (Lipinski definition) is 2. The normalized spacial score (nSPS) is 14.2. The predicted octanol–water partition coefficient (Wildman–Crippen LogP) is 4.91. The van der Waals surface area contributed by atoms with Gasteiger partial charge in [0.2, 0.25) is 5.91 Å². The molecule has 4 rings (SSSR count). The molecular formula is C23H22N2O2. The van der Waals surface area contributed by atoms with Gasteiger partial charge in [-0.1, -0.05) is 60.7 Å². The van der Waals surface area contributed by atoms with Crippen LogP contribution >= 0.6 is 0 Å². The van der Waals surface area contributed by atoms with Gasteiger partial charge in [0.1, 0.15) is 11.8 Å². The lowest BCUT2D eigenvalue weighted by atomic mass is 10.1. The molecule has 1 saturated carbocycles. The van der Waals surface area contributed by atoms with Gasteiger partial charge < -0.3 is 15.4 Å². The number of amides is 1. The number of ether oxygens (including phenoxy) is 1. The quantitative estimate of drug-likeness (QED) is 0.631. The molecule has 1 aliphatic rings. The first-order valence-electron chi connectivity index (χ1n) is 9.23. The highest BCUT2D eigenvalue weighted by atomic mass is 16.5. The Kier molecular flexibility index (Phi) is 5.06. The second-order valence-corrected chi connectivity index (χ2v) is 6.68. The summed E-state index contributed by atoms with van der Waals surface area (Å²) in [5, 5.41) is 6.48. The molecule has 0 spiro atoms. The molecule has 0 bridgehead atoms. The molecule has 0 aromatic heterocycles. The van der Waals surface area contributed by atoms with Gasteiger partial charge in [-0.15, -0.1) is 0 Å². The Morgan fingerprint density at radius 3 is 2.19 bits per heavy atom. The molecule has 1 atom stereocenters. The minimum atomic E-state index is -0.479. The molecule has 0 unspecified atom stereocenters. The summed E-state index contributed by atoms with van der Waals surface area (Å²) < 4.78 is 6.03. The van der Waals surface area contributed by atoms with E-state index >= 15 is 0 Å². The lowest BCUT2D eigenvalue weighted by Crippen LogP contribution is -2.34. The molecule has 3 aromatic rings. The smallest absolute Gasteiger partial charge is 0.247 e. The molecule has 3 aromatic carbocycles. The zero-order chi connectivity index (χ0) is 18.5. The fourth-order valence-corrected chi connectivity index (χ4v) is 2.90. The zero-order valence-electron chi connectivity index (χ0n) is 15.0. The fourth-order valence-electron chi connectivity index (χ4n) is 2.90. The van der Waals surface area contributed by atoms with Crippen LogP contribution in [0.3, 0.4) is 0 Å². The number of carbonyl (C=O) groups is 1. The summed E-state index contributed by atoms with van der Waals surface area (Å²) in [6.07, 6.45) is 2.11. The monoisotopic (exact) mass is 358 g/mol. The Bertz CT molecular complexity index is 893. The number of para-hydroxylation sites is 3. The van der Waals surface area contributed by atoms with Crippen molar-refractivity contribution in [2.24, 2.45) is 0 Å². The third kappa shape index (κ3) is 4.47. The Morgan fingerprint density at radius 1 is 0.852 bits per heavy atom. The Balaban J connectivity index is 1.60. The van der Waals surface area contributed by atoms with Gasteiger partial charge in [0.05, 0.1) is 5.69 Å². The highest BCUT2D eigenvalue weighted by Crippen LogP contribution is 2.32. The summed E-state index contributed by atoms with van der Waals surface area (Å²) in [4.78, 5) is 12.9. The number of hydrogen-bond acceptors (Lipinski definition) is 3. The lowest BCUT2D eigenvalue weighted by molar-refractivity contribution is -0.122. The maximum absolute atomic E-state index is 12.9. The van der Waals surface area contributed by atoms with E-state index in [1.165, 1.54) is 0 Å². The minimum Gasteiger partial charge on any atom is -0.455 e. The highest BCUT2D eigenvalue weighted by Gasteiger charge is 2.28. The van der Waals surface area contributed by atoms with Crippen molar-refractivity contribution in [1.29, 1.82) is 0 Å². The van der Waals surface area contributed by atoms with Crippen LogP contribution in [-0.4, -0.2) is 11.9 Å². The summed E-state index contributed by atoms with van der Waals surface area (Å²) in [5.74, 6) is 1.42. The maximum atomic E-state index is 12.9.